The van der Waals surface area contributed by atoms with Crippen molar-refractivity contribution in [3.8, 4) is 0 Å². The molecule has 0 fully saturated rings. The largest absolute Gasteiger partial charge is 0.350 e. The fraction of sp³-hybridized carbons (Fsp3) is 1.00. The lowest BCUT2D eigenvalue weighted by molar-refractivity contribution is 0.481. The third-order valence-corrected chi connectivity index (χ3v) is 1.28. The van der Waals surface area contributed by atoms with Crippen LogP contribution in [0.25, 0.3) is 0 Å². The summed E-state index contributed by atoms with van der Waals surface area (Å²) in [5.41, 5.74) is 5.06. The Morgan fingerprint density at radius 2 is 2.00 bits per heavy atom. The molecule has 4 N–H and O–H groups in total. The minimum Gasteiger partial charge on any atom is -0.350 e. The number of hydrogen-bond donors (Lipinski definition) is 3. The lowest BCUT2D eigenvalue weighted by Gasteiger charge is -1.96. The standard InChI is InChI=1S/C3H10NO2P/c4-2-1-3-7(5)6/h5-6H,1-4H2. The van der Waals surface area contributed by atoms with E-state index in [1.54, 1.807) is 0 Å². The molecule has 0 amide bonds. The fourth-order valence-electron chi connectivity index (χ4n) is 0.233. The molecular formula is C3H10NO2P. The summed E-state index contributed by atoms with van der Waals surface area (Å²) in [5, 5.41) is 0. The van der Waals surface area contributed by atoms with E-state index < -0.39 is 8.38 Å². The van der Waals surface area contributed by atoms with Gasteiger partial charge in [-0.25, -0.2) is 0 Å². The van der Waals surface area contributed by atoms with Gasteiger partial charge in [-0.2, -0.15) is 0 Å². The van der Waals surface area contributed by atoms with E-state index in [-0.39, 0.29) is 0 Å². The van der Waals surface area contributed by atoms with Crippen LogP contribution in [0.3, 0.4) is 0 Å². The summed E-state index contributed by atoms with van der Waals surface area (Å²) < 4.78 is 0. The van der Waals surface area contributed by atoms with Gasteiger partial charge in [0.2, 0.25) is 0 Å². The van der Waals surface area contributed by atoms with Crippen LogP contribution in [0.15, 0.2) is 0 Å². The van der Waals surface area contributed by atoms with E-state index in [0.29, 0.717) is 19.1 Å². The molecule has 0 unspecified atom stereocenters. The average Bonchev–Trinajstić information content (AvgIpc) is 1.61. The zero-order valence-corrected chi connectivity index (χ0v) is 4.93. The molecule has 3 nitrogen and oxygen atoms in total. The summed E-state index contributed by atoms with van der Waals surface area (Å²) in [4.78, 5) is 16.5. The molecule has 0 aromatic heterocycles. The molecule has 0 bridgehead atoms. The first-order valence-corrected chi connectivity index (χ1v) is 3.56. The van der Waals surface area contributed by atoms with E-state index in [1.165, 1.54) is 0 Å². The molecule has 0 rings (SSSR count). The van der Waals surface area contributed by atoms with Crippen LogP contribution in [0.5, 0.6) is 0 Å². The second-order valence-corrected chi connectivity index (χ2v) is 2.43. The van der Waals surface area contributed by atoms with Crippen molar-refractivity contribution in [3.05, 3.63) is 0 Å². The van der Waals surface area contributed by atoms with Crippen LogP contribution in [0, 0.1) is 0 Å². The third-order valence-electron chi connectivity index (χ3n) is 0.562. The summed E-state index contributed by atoms with van der Waals surface area (Å²) in [6.45, 7) is 0.542. The summed E-state index contributed by atoms with van der Waals surface area (Å²) >= 11 is 0. The van der Waals surface area contributed by atoms with Gasteiger partial charge in [-0.3, -0.25) is 0 Å². The Morgan fingerprint density at radius 1 is 1.43 bits per heavy atom. The summed E-state index contributed by atoms with van der Waals surface area (Å²) in [7, 11) is -1.69. The molecule has 0 spiro atoms. The highest BCUT2D eigenvalue weighted by molar-refractivity contribution is 7.45. The maximum Gasteiger partial charge on any atom is 0.164 e. The van der Waals surface area contributed by atoms with Gasteiger partial charge in [0, 0.05) is 6.16 Å². The van der Waals surface area contributed by atoms with Gasteiger partial charge in [-0.15, -0.1) is 0 Å². The van der Waals surface area contributed by atoms with Gasteiger partial charge in [-0.05, 0) is 13.0 Å². The van der Waals surface area contributed by atoms with E-state index in [2.05, 4.69) is 0 Å². The molecule has 7 heavy (non-hydrogen) atoms. The van der Waals surface area contributed by atoms with E-state index in [0.717, 1.165) is 0 Å². The van der Waals surface area contributed by atoms with Crippen molar-refractivity contribution in [2.24, 2.45) is 5.73 Å². The van der Waals surface area contributed by atoms with Crippen LogP contribution in [-0.2, 0) is 0 Å². The zero-order chi connectivity index (χ0) is 5.70. The molecule has 4 heteroatoms. The fourth-order valence-corrected chi connectivity index (χ4v) is 0.698. The number of rotatable bonds is 3. The van der Waals surface area contributed by atoms with Crippen molar-refractivity contribution in [2.45, 2.75) is 6.42 Å². The van der Waals surface area contributed by atoms with Crippen LogP contribution in [0.2, 0.25) is 0 Å². The molecule has 0 aromatic carbocycles. The van der Waals surface area contributed by atoms with Crippen LogP contribution in [-0.4, -0.2) is 22.5 Å². The molecule has 0 heterocycles. The normalized spacial score (nSPS) is 10.3. The van der Waals surface area contributed by atoms with Crippen LogP contribution < -0.4 is 5.73 Å². The van der Waals surface area contributed by atoms with Crippen LogP contribution >= 0.6 is 8.38 Å². The van der Waals surface area contributed by atoms with Gasteiger partial charge in [-0.1, -0.05) is 0 Å². The van der Waals surface area contributed by atoms with Gasteiger partial charge >= 0.3 is 0 Å². The Balaban J connectivity index is 2.68. The van der Waals surface area contributed by atoms with Crippen molar-refractivity contribution >= 4 is 8.38 Å². The van der Waals surface area contributed by atoms with E-state index in [4.69, 9.17) is 15.5 Å². The molecule has 0 radical (unpaired) electrons. The van der Waals surface area contributed by atoms with Crippen LogP contribution in [0.1, 0.15) is 6.42 Å². The number of hydrogen-bond acceptors (Lipinski definition) is 3. The SMILES string of the molecule is NCCCP(O)O. The maximum absolute atomic E-state index is 8.25. The Bertz CT molecular complexity index is 41.9. The lowest BCUT2D eigenvalue weighted by atomic mass is 10.5. The minimum atomic E-state index is -1.69. The molecule has 0 atom stereocenters. The molecule has 0 saturated heterocycles. The minimum absolute atomic E-state index is 0.450. The first kappa shape index (κ1) is 7.31. The summed E-state index contributed by atoms with van der Waals surface area (Å²) in [6, 6.07) is 0. The smallest absolute Gasteiger partial charge is 0.164 e. The highest BCUT2D eigenvalue weighted by Crippen LogP contribution is 2.22. The molecule has 0 aliphatic heterocycles. The summed E-state index contributed by atoms with van der Waals surface area (Å²) in [6.07, 6.45) is 1.16. The van der Waals surface area contributed by atoms with Crippen molar-refractivity contribution in [1.29, 1.82) is 0 Å². The van der Waals surface area contributed by atoms with Crippen LogP contribution in [0.4, 0.5) is 0 Å². The monoisotopic (exact) mass is 123 g/mol. The topological polar surface area (TPSA) is 66.5 Å². The molecule has 44 valence electrons. The van der Waals surface area contributed by atoms with Gasteiger partial charge in [0.1, 0.15) is 0 Å². The first-order valence-electron chi connectivity index (χ1n) is 2.12. The predicted molar refractivity (Wildman–Crippen MR) is 29.9 cm³/mol. The van der Waals surface area contributed by atoms with Gasteiger partial charge < -0.3 is 15.5 Å². The Hall–Kier alpha value is 0.310. The quantitative estimate of drug-likeness (QED) is 0.448. The van der Waals surface area contributed by atoms with Gasteiger partial charge in [0.25, 0.3) is 0 Å². The summed E-state index contributed by atoms with van der Waals surface area (Å²) in [5.74, 6) is 0. The first-order chi connectivity index (χ1) is 3.27. The lowest BCUT2D eigenvalue weighted by Crippen LogP contribution is -1.99. The Morgan fingerprint density at radius 3 is 2.14 bits per heavy atom. The predicted octanol–water partition coefficient (Wildman–Crippen LogP) is -0.368. The highest BCUT2D eigenvalue weighted by Gasteiger charge is 1.93. The Labute approximate surface area is 44.1 Å². The van der Waals surface area contributed by atoms with Crippen molar-refractivity contribution in [2.75, 3.05) is 12.7 Å². The molecule has 0 saturated carbocycles. The third kappa shape index (κ3) is 6.31. The Kier molecular flexibility index (Phi) is 4.67. The highest BCUT2D eigenvalue weighted by atomic mass is 31.2. The maximum atomic E-state index is 8.25. The van der Waals surface area contributed by atoms with Crippen molar-refractivity contribution in [1.82, 2.24) is 0 Å². The average molecular weight is 123 g/mol. The molecule has 0 aromatic rings. The van der Waals surface area contributed by atoms with Gasteiger partial charge in [0.05, 0.1) is 0 Å². The van der Waals surface area contributed by atoms with E-state index in [9.17, 15) is 0 Å². The zero-order valence-electron chi connectivity index (χ0n) is 4.04. The molecule has 0 aliphatic carbocycles. The van der Waals surface area contributed by atoms with Crippen molar-refractivity contribution < 1.29 is 9.79 Å². The number of nitrogens with two attached hydrogens (primary N) is 1. The van der Waals surface area contributed by atoms with Crippen molar-refractivity contribution in [3.63, 3.8) is 0 Å². The van der Waals surface area contributed by atoms with E-state index in [1.807, 2.05) is 0 Å². The second kappa shape index (κ2) is 4.47. The second-order valence-electron chi connectivity index (χ2n) is 1.24. The van der Waals surface area contributed by atoms with E-state index >= 15 is 0 Å². The molecular weight excluding hydrogens is 113 g/mol. The molecule has 0 aliphatic rings. The van der Waals surface area contributed by atoms with Gasteiger partial charge in [0.15, 0.2) is 8.38 Å².